The Balaban J connectivity index is 2.34. The summed E-state index contributed by atoms with van der Waals surface area (Å²) in [6.45, 7) is 2.37. The second-order valence-corrected chi connectivity index (χ2v) is 5.12. The van der Waals surface area contributed by atoms with E-state index in [1.807, 2.05) is 6.92 Å². The smallest absolute Gasteiger partial charge is 0.267 e. The van der Waals surface area contributed by atoms with Crippen LogP contribution < -0.4 is 10.5 Å². The van der Waals surface area contributed by atoms with Crippen LogP contribution >= 0.6 is 0 Å². The molecule has 2 aromatic rings. The van der Waals surface area contributed by atoms with Crippen molar-refractivity contribution >= 4 is 21.5 Å². The minimum atomic E-state index is -3.77. The van der Waals surface area contributed by atoms with Gasteiger partial charge in [-0.1, -0.05) is 0 Å². The summed E-state index contributed by atoms with van der Waals surface area (Å²) in [5.41, 5.74) is 5.84. The zero-order chi connectivity index (χ0) is 13.2. The molecule has 18 heavy (non-hydrogen) atoms. The van der Waals surface area contributed by atoms with Crippen molar-refractivity contribution in [2.24, 2.45) is 0 Å². The van der Waals surface area contributed by atoms with Crippen LogP contribution in [-0.2, 0) is 16.6 Å². The second kappa shape index (κ2) is 4.61. The maximum Gasteiger partial charge on any atom is 0.267 e. The van der Waals surface area contributed by atoms with Crippen molar-refractivity contribution in [3.8, 4) is 0 Å². The number of rotatable bonds is 4. The number of hydrogen-bond donors (Lipinski definition) is 2. The second-order valence-electron chi connectivity index (χ2n) is 3.47. The molecule has 96 valence electrons. The van der Waals surface area contributed by atoms with E-state index in [0.717, 1.165) is 0 Å². The molecule has 9 heteroatoms. The minimum absolute atomic E-state index is 0.0406. The predicted octanol–water partition coefficient (Wildman–Crippen LogP) is 0.0760. The van der Waals surface area contributed by atoms with Gasteiger partial charge in [0.1, 0.15) is 11.2 Å². The highest BCUT2D eigenvalue weighted by atomic mass is 32.2. The first-order chi connectivity index (χ1) is 8.53. The molecule has 0 unspecified atom stereocenters. The highest BCUT2D eigenvalue weighted by Crippen LogP contribution is 2.19. The minimum Gasteiger partial charge on any atom is -0.381 e. The topological polar surface area (TPSA) is 116 Å². The third-order valence-corrected chi connectivity index (χ3v) is 3.58. The van der Waals surface area contributed by atoms with Crippen LogP contribution in [0.2, 0.25) is 0 Å². The standard InChI is InChI=1S/C9H12N6O2S/c1-2-15-5-8(9(10)13-15)18(16,17)14-7-3-11-6-12-4-7/h3-6,14H,2H2,1H3,(H2,10,13). The maximum absolute atomic E-state index is 12.1. The molecule has 2 aromatic heterocycles. The van der Waals surface area contributed by atoms with E-state index in [1.54, 1.807) is 0 Å². The fourth-order valence-corrected chi connectivity index (χ4v) is 2.45. The Bertz CT molecular complexity index is 636. The summed E-state index contributed by atoms with van der Waals surface area (Å²) >= 11 is 0. The Labute approximate surface area is 104 Å². The average molecular weight is 268 g/mol. The van der Waals surface area contributed by atoms with Crippen molar-refractivity contribution in [2.75, 3.05) is 10.5 Å². The molecule has 0 atom stereocenters. The number of nitrogen functional groups attached to an aromatic ring is 1. The van der Waals surface area contributed by atoms with E-state index in [9.17, 15) is 8.42 Å². The molecule has 0 aliphatic carbocycles. The van der Waals surface area contributed by atoms with Gasteiger partial charge in [0.2, 0.25) is 0 Å². The van der Waals surface area contributed by atoms with E-state index >= 15 is 0 Å². The zero-order valence-electron chi connectivity index (χ0n) is 9.61. The summed E-state index contributed by atoms with van der Waals surface area (Å²) in [6, 6.07) is 0. The summed E-state index contributed by atoms with van der Waals surface area (Å²) in [5.74, 6) is -0.0406. The van der Waals surface area contributed by atoms with Crippen molar-refractivity contribution in [1.82, 2.24) is 19.7 Å². The molecule has 0 saturated carbocycles. The van der Waals surface area contributed by atoms with Crippen LogP contribution in [0, 0.1) is 0 Å². The third-order valence-electron chi connectivity index (χ3n) is 2.18. The van der Waals surface area contributed by atoms with Gasteiger partial charge in [-0.05, 0) is 6.92 Å². The molecular formula is C9H12N6O2S. The maximum atomic E-state index is 12.1. The third kappa shape index (κ3) is 2.40. The Hall–Kier alpha value is -2.16. The van der Waals surface area contributed by atoms with Gasteiger partial charge in [-0.3, -0.25) is 9.40 Å². The molecule has 2 heterocycles. The largest absolute Gasteiger partial charge is 0.381 e. The van der Waals surface area contributed by atoms with E-state index in [2.05, 4.69) is 19.8 Å². The Morgan fingerprint density at radius 2 is 2.06 bits per heavy atom. The highest BCUT2D eigenvalue weighted by Gasteiger charge is 2.21. The monoisotopic (exact) mass is 268 g/mol. The molecule has 2 rings (SSSR count). The fourth-order valence-electron chi connectivity index (χ4n) is 1.35. The number of sulfonamides is 1. The average Bonchev–Trinajstić information content (AvgIpc) is 2.72. The number of nitrogens with two attached hydrogens (primary N) is 1. The van der Waals surface area contributed by atoms with Crippen molar-refractivity contribution in [3.05, 3.63) is 24.9 Å². The number of nitrogens with one attached hydrogen (secondary N) is 1. The van der Waals surface area contributed by atoms with Crippen LogP contribution in [0.4, 0.5) is 11.5 Å². The predicted molar refractivity (Wildman–Crippen MR) is 65.2 cm³/mol. The van der Waals surface area contributed by atoms with Gasteiger partial charge in [-0.15, -0.1) is 0 Å². The Morgan fingerprint density at radius 1 is 1.39 bits per heavy atom. The van der Waals surface area contributed by atoms with Crippen LogP contribution in [0.5, 0.6) is 0 Å². The van der Waals surface area contributed by atoms with E-state index in [4.69, 9.17) is 5.73 Å². The van der Waals surface area contributed by atoms with Crippen LogP contribution in [0.3, 0.4) is 0 Å². The lowest BCUT2D eigenvalue weighted by Crippen LogP contribution is -2.14. The first kappa shape index (κ1) is 12.3. The van der Waals surface area contributed by atoms with Crippen molar-refractivity contribution < 1.29 is 8.42 Å². The first-order valence-electron chi connectivity index (χ1n) is 5.13. The zero-order valence-corrected chi connectivity index (χ0v) is 10.4. The van der Waals surface area contributed by atoms with E-state index in [0.29, 0.717) is 6.54 Å². The number of anilines is 2. The van der Waals surface area contributed by atoms with Crippen molar-refractivity contribution in [2.45, 2.75) is 18.4 Å². The van der Waals surface area contributed by atoms with Crippen LogP contribution in [0.25, 0.3) is 0 Å². The molecule has 0 spiro atoms. The summed E-state index contributed by atoms with van der Waals surface area (Å²) in [5, 5.41) is 3.88. The van der Waals surface area contributed by atoms with Crippen LogP contribution in [-0.4, -0.2) is 28.2 Å². The molecule has 3 N–H and O–H groups in total. The van der Waals surface area contributed by atoms with Gasteiger partial charge in [0.25, 0.3) is 10.0 Å². The highest BCUT2D eigenvalue weighted by molar-refractivity contribution is 7.92. The molecular weight excluding hydrogens is 256 g/mol. The number of aryl methyl sites for hydroxylation is 1. The molecule has 0 aliphatic heterocycles. The number of aromatic nitrogens is 4. The SMILES string of the molecule is CCn1cc(S(=O)(=O)Nc2cncnc2)c(N)n1. The van der Waals surface area contributed by atoms with Gasteiger partial charge in [0.05, 0.1) is 18.1 Å². The van der Waals surface area contributed by atoms with Gasteiger partial charge in [-0.2, -0.15) is 5.10 Å². The Morgan fingerprint density at radius 3 is 2.61 bits per heavy atom. The molecule has 0 amide bonds. The lowest BCUT2D eigenvalue weighted by Gasteiger charge is -2.05. The lowest BCUT2D eigenvalue weighted by molar-refractivity contribution is 0.600. The molecule has 0 bridgehead atoms. The van der Waals surface area contributed by atoms with Gasteiger partial charge >= 0.3 is 0 Å². The lowest BCUT2D eigenvalue weighted by atomic mass is 10.6. The summed E-state index contributed by atoms with van der Waals surface area (Å²) in [4.78, 5) is 7.37. The molecule has 0 aromatic carbocycles. The quantitative estimate of drug-likeness (QED) is 0.811. The first-order valence-corrected chi connectivity index (χ1v) is 6.62. The molecule has 0 saturated heterocycles. The van der Waals surface area contributed by atoms with Gasteiger partial charge in [-0.25, -0.2) is 18.4 Å². The Kier molecular flexibility index (Phi) is 3.15. The van der Waals surface area contributed by atoms with Gasteiger partial charge in [0.15, 0.2) is 5.82 Å². The summed E-state index contributed by atoms with van der Waals surface area (Å²) < 4.78 is 27.9. The molecule has 8 nitrogen and oxygen atoms in total. The molecule has 0 radical (unpaired) electrons. The van der Waals surface area contributed by atoms with E-state index in [-0.39, 0.29) is 16.4 Å². The molecule has 0 aliphatic rings. The van der Waals surface area contributed by atoms with E-state index in [1.165, 1.54) is 29.6 Å². The van der Waals surface area contributed by atoms with E-state index < -0.39 is 10.0 Å². The molecule has 0 fully saturated rings. The summed E-state index contributed by atoms with van der Waals surface area (Å²) in [6.07, 6.45) is 5.39. The number of nitrogens with zero attached hydrogens (tertiary/aromatic N) is 4. The number of hydrogen-bond acceptors (Lipinski definition) is 6. The summed E-state index contributed by atoms with van der Waals surface area (Å²) in [7, 11) is -3.77. The fraction of sp³-hybridized carbons (Fsp3) is 0.222. The normalized spacial score (nSPS) is 11.4. The van der Waals surface area contributed by atoms with Crippen molar-refractivity contribution in [3.63, 3.8) is 0 Å². The van der Waals surface area contributed by atoms with Gasteiger partial charge < -0.3 is 5.73 Å². The van der Waals surface area contributed by atoms with Gasteiger partial charge in [0, 0.05) is 12.7 Å². The van der Waals surface area contributed by atoms with Crippen molar-refractivity contribution in [1.29, 1.82) is 0 Å². The van der Waals surface area contributed by atoms with Crippen LogP contribution in [0.1, 0.15) is 6.92 Å². The van der Waals surface area contributed by atoms with Crippen LogP contribution in [0.15, 0.2) is 29.8 Å².